The van der Waals surface area contributed by atoms with Crippen LogP contribution in [0.1, 0.15) is 20.8 Å². The molecule has 0 heterocycles. The molecule has 1 aromatic rings. The Balaban J connectivity index is 0.00000361. The topological polar surface area (TPSA) is 64.3 Å². The summed E-state index contributed by atoms with van der Waals surface area (Å²) in [6, 6.07) is 4.84. The van der Waals surface area contributed by atoms with Crippen molar-refractivity contribution in [3.05, 3.63) is 28.2 Å². The zero-order valence-electron chi connectivity index (χ0n) is 11.6. The van der Waals surface area contributed by atoms with Crippen molar-refractivity contribution in [2.24, 2.45) is 5.73 Å². The Morgan fingerprint density at radius 3 is 2.55 bits per heavy atom. The van der Waals surface area contributed by atoms with E-state index in [1.54, 1.807) is 25.1 Å². The Morgan fingerprint density at radius 1 is 1.45 bits per heavy atom. The summed E-state index contributed by atoms with van der Waals surface area (Å²) in [5, 5.41) is 3.68. The highest BCUT2D eigenvalue weighted by molar-refractivity contribution is 6.35. The van der Waals surface area contributed by atoms with Gasteiger partial charge in [0.15, 0.2) is 6.10 Å². The first kappa shape index (κ1) is 19.3. The van der Waals surface area contributed by atoms with Crippen LogP contribution in [0.15, 0.2) is 18.2 Å². The maximum absolute atomic E-state index is 11.9. The highest BCUT2D eigenvalue weighted by atomic mass is 35.5. The molecule has 0 aromatic heterocycles. The second-order valence-corrected chi connectivity index (χ2v) is 5.76. The van der Waals surface area contributed by atoms with Gasteiger partial charge < -0.3 is 15.8 Å². The lowest BCUT2D eigenvalue weighted by atomic mass is 10.1. The van der Waals surface area contributed by atoms with Gasteiger partial charge in [0.25, 0.3) is 5.91 Å². The van der Waals surface area contributed by atoms with Gasteiger partial charge in [0.05, 0.1) is 5.02 Å². The summed E-state index contributed by atoms with van der Waals surface area (Å²) >= 11 is 11.8. The molecule has 4 nitrogen and oxygen atoms in total. The molecule has 0 bridgehead atoms. The quantitative estimate of drug-likeness (QED) is 0.865. The third kappa shape index (κ3) is 5.75. The first-order chi connectivity index (χ1) is 8.75. The molecule has 7 heteroatoms. The minimum absolute atomic E-state index is 0. The summed E-state index contributed by atoms with van der Waals surface area (Å²) in [5.74, 6) is 0.167. The molecule has 0 spiro atoms. The molecule has 0 fully saturated rings. The molecule has 0 aliphatic heterocycles. The van der Waals surface area contributed by atoms with E-state index in [4.69, 9.17) is 33.7 Å². The Labute approximate surface area is 135 Å². The maximum atomic E-state index is 11.9. The standard InChI is InChI=1S/C13H18Cl2N2O2.ClH/c1-8(12(18)17-13(2,3)7-16)19-11-5-4-9(14)6-10(11)15;/h4-6,8H,7,16H2,1-3H3,(H,17,18);1H. The van der Waals surface area contributed by atoms with Crippen molar-refractivity contribution in [1.29, 1.82) is 0 Å². The molecule has 0 saturated carbocycles. The number of rotatable bonds is 5. The Hall–Kier alpha value is -0.680. The minimum Gasteiger partial charge on any atom is -0.479 e. The number of nitrogens with two attached hydrogens (primary N) is 1. The van der Waals surface area contributed by atoms with Crippen LogP contribution in [0.4, 0.5) is 0 Å². The van der Waals surface area contributed by atoms with Crippen molar-refractivity contribution in [2.45, 2.75) is 32.4 Å². The molecule has 0 saturated heterocycles. The summed E-state index contributed by atoms with van der Waals surface area (Å²) in [5.41, 5.74) is 5.08. The van der Waals surface area contributed by atoms with Gasteiger partial charge >= 0.3 is 0 Å². The molecule has 1 aromatic carbocycles. The number of halogens is 3. The van der Waals surface area contributed by atoms with E-state index in [-0.39, 0.29) is 18.3 Å². The number of benzene rings is 1. The van der Waals surface area contributed by atoms with Crippen LogP contribution in [0.2, 0.25) is 10.0 Å². The molecular formula is C13H19Cl3N2O2. The molecule has 3 N–H and O–H groups in total. The summed E-state index contributed by atoms with van der Waals surface area (Å²) < 4.78 is 5.51. The van der Waals surface area contributed by atoms with E-state index < -0.39 is 11.6 Å². The number of nitrogens with one attached hydrogen (secondary N) is 1. The maximum Gasteiger partial charge on any atom is 0.261 e. The van der Waals surface area contributed by atoms with Gasteiger partial charge in [-0.2, -0.15) is 0 Å². The molecule has 0 aliphatic carbocycles. The van der Waals surface area contributed by atoms with Crippen molar-refractivity contribution in [2.75, 3.05) is 6.54 Å². The lowest BCUT2D eigenvalue weighted by Crippen LogP contribution is -2.52. The van der Waals surface area contributed by atoms with Gasteiger partial charge in [-0.25, -0.2) is 0 Å². The summed E-state index contributed by atoms with van der Waals surface area (Å²) in [7, 11) is 0. The summed E-state index contributed by atoms with van der Waals surface area (Å²) in [6.07, 6.45) is -0.676. The van der Waals surface area contributed by atoms with E-state index in [0.717, 1.165) is 0 Å². The van der Waals surface area contributed by atoms with Gasteiger partial charge in [-0.3, -0.25) is 4.79 Å². The molecular weight excluding hydrogens is 323 g/mol. The molecule has 1 rings (SSSR count). The van der Waals surface area contributed by atoms with Gasteiger partial charge in [-0.1, -0.05) is 23.2 Å². The van der Waals surface area contributed by atoms with Crippen molar-refractivity contribution in [3.63, 3.8) is 0 Å². The molecule has 20 heavy (non-hydrogen) atoms. The number of hydrogen-bond donors (Lipinski definition) is 2. The number of ether oxygens (including phenoxy) is 1. The third-order valence-electron chi connectivity index (χ3n) is 2.54. The van der Waals surface area contributed by atoms with Crippen LogP contribution in [-0.2, 0) is 4.79 Å². The fraction of sp³-hybridized carbons (Fsp3) is 0.462. The number of amides is 1. The minimum atomic E-state index is -0.676. The fourth-order valence-corrected chi connectivity index (χ4v) is 1.75. The van der Waals surface area contributed by atoms with Crippen molar-refractivity contribution in [3.8, 4) is 5.75 Å². The largest absolute Gasteiger partial charge is 0.479 e. The zero-order chi connectivity index (χ0) is 14.6. The first-order valence-corrected chi connectivity index (χ1v) is 6.64. The zero-order valence-corrected chi connectivity index (χ0v) is 13.9. The Kier molecular flexibility index (Phi) is 7.66. The number of hydrogen-bond acceptors (Lipinski definition) is 3. The van der Waals surface area contributed by atoms with Crippen LogP contribution in [0.3, 0.4) is 0 Å². The highest BCUT2D eigenvalue weighted by Gasteiger charge is 2.23. The van der Waals surface area contributed by atoms with Crippen LogP contribution >= 0.6 is 35.6 Å². The second kappa shape index (κ2) is 7.93. The Bertz CT molecular complexity index is 467. The normalized spacial score (nSPS) is 12.3. The van der Waals surface area contributed by atoms with E-state index in [2.05, 4.69) is 5.32 Å². The Morgan fingerprint density at radius 2 is 2.05 bits per heavy atom. The SMILES string of the molecule is CC(Oc1ccc(Cl)cc1Cl)C(=O)NC(C)(C)CN.Cl. The summed E-state index contributed by atoms with van der Waals surface area (Å²) in [4.78, 5) is 11.9. The van der Waals surface area contributed by atoms with Crippen molar-refractivity contribution in [1.82, 2.24) is 5.32 Å². The van der Waals surface area contributed by atoms with Crippen molar-refractivity contribution < 1.29 is 9.53 Å². The lowest BCUT2D eigenvalue weighted by molar-refractivity contribution is -0.128. The smallest absolute Gasteiger partial charge is 0.261 e. The van der Waals surface area contributed by atoms with Crippen molar-refractivity contribution >= 4 is 41.5 Å². The summed E-state index contributed by atoms with van der Waals surface area (Å²) in [6.45, 7) is 5.67. The molecule has 1 unspecified atom stereocenters. The molecule has 0 aliphatic rings. The predicted octanol–water partition coefficient (Wildman–Crippen LogP) is 3.04. The second-order valence-electron chi connectivity index (χ2n) is 4.91. The van der Waals surface area contributed by atoms with Gasteiger partial charge in [0, 0.05) is 17.1 Å². The van der Waals surface area contributed by atoms with E-state index in [1.165, 1.54) is 0 Å². The van der Waals surface area contributed by atoms with Gasteiger partial charge in [-0.05, 0) is 39.0 Å². The first-order valence-electron chi connectivity index (χ1n) is 5.89. The van der Waals surface area contributed by atoms with E-state index in [0.29, 0.717) is 22.3 Å². The van der Waals surface area contributed by atoms with Gasteiger partial charge in [0.2, 0.25) is 0 Å². The fourth-order valence-electron chi connectivity index (χ4n) is 1.30. The van der Waals surface area contributed by atoms with Crippen LogP contribution in [-0.4, -0.2) is 24.1 Å². The highest BCUT2D eigenvalue weighted by Crippen LogP contribution is 2.28. The third-order valence-corrected chi connectivity index (χ3v) is 3.07. The van der Waals surface area contributed by atoms with E-state index in [9.17, 15) is 4.79 Å². The van der Waals surface area contributed by atoms with Gasteiger partial charge in [0.1, 0.15) is 5.75 Å². The molecule has 1 amide bonds. The molecule has 1 atom stereocenters. The average molecular weight is 342 g/mol. The average Bonchev–Trinajstić information content (AvgIpc) is 2.32. The molecule has 114 valence electrons. The van der Waals surface area contributed by atoms with Crippen LogP contribution in [0, 0.1) is 0 Å². The van der Waals surface area contributed by atoms with E-state index >= 15 is 0 Å². The van der Waals surface area contributed by atoms with Crippen LogP contribution in [0.25, 0.3) is 0 Å². The number of carbonyl (C=O) groups is 1. The number of carbonyl (C=O) groups excluding carboxylic acids is 1. The molecule has 0 radical (unpaired) electrons. The van der Waals surface area contributed by atoms with E-state index in [1.807, 2.05) is 13.8 Å². The van der Waals surface area contributed by atoms with Crippen LogP contribution < -0.4 is 15.8 Å². The van der Waals surface area contributed by atoms with Gasteiger partial charge in [-0.15, -0.1) is 12.4 Å². The van der Waals surface area contributed by atoms with Crippen LogP contribution in [0.5, 0.6) is 5.75 Å². The predicted molar refractivity (Wildman–Crippen MR) is 85.1 cm³/mol. The lowest BCUT2D eigenvalue weighted by Gasteiger charge is -2.26. The monoisotopic (exact) mass is 340 g/mol.